The number of hydrogen-bond donors (Lipinski definition) is 2. The van der Waals surface area contributed by atoms with Crippen molar-refractivity contribution in [3.63, 3.8) is 0 Å². The van der Waals surface area contributed by atoms with Crippen LogP contribution in [0.4, 0.5) is 5.00 Å². The fraction of sp³-hybridized carbons (Fsp3) is 0.476. The first kappa shape index (κ1) is 20.6. The minimum atomic E-state index is -0.340. The monoisotopic (exact) mass is 430 g/mol. The highest BCUT2D eigenvalue weighted by atomic mass is 32.1. The highest BCUT2D eigenvalue weighted by molar-refractivity contribution is 7.18. The van der Waals surface area contributed by atoms with Crippen molar-refractivity contribution in [2.75, 3.05) is 31.5 Å². The third-order valence-electron chi connectivity index (χ3n) is 5.55. The van der Waals surface area contributed by atoms with E-state index in [0.717, 1.165) is 18.4 Å². The molecule has 2 aliphatic rings. The summed E-state index contributed by atoms with van der Waals surface area (Å²) in [7, 11) is 0. The van der Waals surface area contributed by atoms with Crippen molar-refractivity contribution in [2.24, 2.45) is 0 Å². The quantitative estimate of drug-likeness (QED) is 0.734. The molecule has 3 heterocycles. The second kappa shape index (κ2) is 8.61. The first-order valence-electron chi connectivity index (χ1n) is 10.2. The molecule has 2 N–H and O–H groups in total. The number of nitrogens with zero attached hydrogens (tertiary/aromatic N) is 2. The van der Waals surface area contributed by atoms with Gasteiger partial charge in [0.1, 0.15) is 0 Å². The number of amides is 3. The van der Waals surface area contributed by atoms with E-state index in [1.54, 1.807) is 18.2 Å². The van der Waals surface area contributed by atoms with Crippen LogP contribution in [0.3, 0.4) is 0 Å². The van der Waals surface area contributed by atoms with Crippen LogP contribution in [0, 0.1) is 6.92 Å². The van der Waals surface area contributed by atoms with Crippen molar-refractivity contribution in [1.82, 2.24) is 15.1 Å². The van der Waals surface area contributed by atoms with Gasteiger partial charge in [-0.15, -0.1) is 11.3 Å². The molecular formula is C21H26N4O4S. The molecule has 2 aromatic heterocycles. The second-order valence-electron chi connectivity index (χ2n) is 7.84. The number of carbonyl (C=O) groups is 3. The van der Waals surface area contributed by atoms with Gasteiger partial charge in [0.15, 0.2) is 5.76 Å². The standard InChI is InChI=1S/C21H26N4O4S/c1-13-12-17(23-20(27)16-4-3-11-29-16)30-18(13)21(28)25-9-7-24(8-10-25)14(2)19(26)22-15-5-6-15/h3-4,11-12,14-15H,5-10H2,1-2H3,(H,22,26)(H,23,27). The zero-order chi connectivity index (χ0) is 21.3. The Morgan fingerprint density at radius 3 is 2.57 bits per heavy atom. The number of aryl methyl sites for hydroxylation is 1. The molecule has 3 amide bonds. The fourth-order valence-corrected chi connectivity index (χ4v) is 4.54. The summed E-state index contributed by atoms with van der Waals surface area (Å²) in [5, 5.41) is 6.44. The molecule has 1 aliphatic heterocycles. The Labute approximate surface area is 179 Å². The van der Waals surface area contributed by atoms with E-state index in [1.165, 1.54) is 17.6 Å². The summed E-state index contributed by atoms with van der Waals surface area (Å²) in [6, 6.07) is 5.22. The lowest BCUT2D eigenvalue weighted by Gasteiger charge is -2.37. The number of carbonyl (C=O) groups excluding carboxylic acids is 3. The number of thiophene rings is 1. The molecule has 0 radical (unpaired) electrons. The highest BCUT2D eigenvalue weighted by Gasteiger charge is 2.31. The summed E-state index contributed by atoms with van der Waals surface area (Å²) in [5.74, 6) is -0.0775. The summed E-state index contributed by atoms with van der Waals surface area (Å²) < 4.78 is 5.10. The normalized spacial score (nSPS) is 18.1. The number of nitrogens with one attached hydrogen (secondary N) is 2. The van der Waals surface area contributed by atoms with Gasteiger partial charge in [0.25, 0.3) is 11.8 Å². The van der Waals surface area contributed by atoms with E-state index >= 15 is 0 Å². The van der Waals surface area contributed by atoms with Crippen LogP contribution in [0.2, 0.25) is 0 Å². The molecule has 2 fully saturated rings. The van der Waals surface area contributed by atoms with Crippen LogP contribution >= 0.6 is 11.3 Å². The lowest BCUT2D eigenvalue weighted by atomic mass is 10.2. The second-order valence-corrected chi connectivity index (χ2v) is 8.89. The molecular weight excluding hydrogens is 404 g/mol. The van der Waals surface area contributed by atoms with Crippen LogP contribution in [0.25, 0.3) is 0 Å². The van der Waals surface area contributed by atoms with Gasteiger partial charge < -0.3 is 20.0 Å². The molecule has 30 heavy (non-hydrogen) atoms. The van der Waals surface area contributed by atoms with Crippen molar-refractivity contribution < 1.29 is 18.8 Å². The molecule has 1 saturated heterocycles. The number of piperazine rings is 1. The van der Waals surface area contributed by atoms with Gasteiger partial charge in [0.05, 0.1) is 22.2 Å². The van der Waals surface area contributed by atoms with E-state index in [9.17, 15) is 14.4 Å². The average Bonchev–Trinajstić information content (AvgIpc) is 3.24. The molecule has 0 bridgehead atoms. The molecule has 4 rings (SSSR count). The Hall–Kier alpha value is -2.65. The molecule has 1 saturated carbocycles. The van der Waals surface area contributed by atoms with Gasteiger partial charge >= 0.3 is 0 Å². The molecule has 1 unspecified atom stereocenters. The SMILES string of the molecule is Cc1cc(NC(=O)c2ccco2)sc1C(=O)N1CCN(C(C)C(=O)NC2CC2)CC1. The van der Waals surface area contributed by atoms with Crippen LogP contribution in [0.15, 0.2) is 28.9 Å². The lowest BCUT2D eigenvalue weighted by Crippen LogP contribution is -2.55. The molecule has 160 valence electrons. The van der Waals surface area contributed by atoms with Crippen molar-refractivity contribution >= 4 is 34.1 Å². The van der Waals surface area contributed by atoms with Gasteiger partial charge in [-0.2, -0.15) is 0 Å². The average molecular weight is 431 g/mol. The maximum Gasteiger partial charge on any atom is 0.291 e. The summed E-state index contributed by atoms with van der Waals surface area (Å²) in [6.07, 6.45) is 3.59. The molecule has 8 nitrogen and oxygen atoms in total. The maximum absolute atomic E-state index is 13.0. The van der Waals surface area contributed by atoms with Gasteiger partial charge in [-0.1, -0.05) is 0 Å². The zero-order valence-corrected chi connectivity index (χ0v) is 18.0. The van der Waals surface area contributed by atoms with Gasteiger partial charge in [-0.3, -0.25) is 19.3 Å². The summed E-state index contributed by atoms with van der Waals surface area (Å²) in [4.78, 5) is 42.0. The van der Waals surface area contributed by atoms with Crippen LogP contribution in [-0.4, -0.2) is 65.8 Å². The maximum atomic E-state index is 13.0. The molecule has 9 heteroatoms. The Morgan fingerprint density at radius 2 is 1.93 bits per heavy atom. The first-order chi connectivity index (χ1) is 14.4. The van der Waals surface area contributed by atoms with E-state index in [4.69, 9.17) is 4.42 Å². The van der Waals surface area contributed by atoms with Crippen molar-refractivity contribution in [2.45, 2.75) is 38.8 Å². The minimum absolute atomic E-state index is 0.0364. The van der Waals surface area contributed by atoms with Crippen LogP contribution < -0.4 is 10.6 Å². The topological polar surface area (TPSA) is 94.9 Å². The Kier molecular flexibility index (Phi) is 5.92. The van der Waals surface area contributed by atoms with E-state index < -0.39 is 0 Å². The molecule has 1 atom stereocenters. The summed E-state index contributed by atoms with van der Waals surface area (Å²) >= 11 is 1.27. The van der Waals surface area contributed by atoms with E-state index in [0.29, 0.717) is 42.1 Å². The molecule has 2 aromatic rings. The van der Waals surface area contributed by atoms with E-state index in [-0.39, 0.29) is 29.5 Å². The molecule has 0 aromatic carbocycles. The lowest BCUT2D eigenvalue weighted by molar-refractivity contribution is -0.126. The third-order valence-corrected chi connectivity index (χ3v) is 6.69. The highest BCUT2D eigenvalue weighted by Crippen LogP contribution is 2.29. The number of anilines is 1. The van der Waals surface area contributed by atoms with Crippen LogP contribution in [0.5, 0.6) is 0 Å². The van der Waals surface area contributed by atoms with Crippen LogP contribution in [0.1, 0.15) is 45.6 Å². The Morgan fingerprint density at radius 1 is 1.20 bits per heavy atom. The number of hydrogen-bond acceptors (Lipinski definition) is 6. The van der Waals surface area contributed by atoms with Gasteiger partial charge in [0.2, 0.25) is 5.91 Å². The third kappa shape index (κ3) is 4.57. The van der Waals surface area contributed by atoms with Gasteiger partial charge in [0, 0.05) is 32.2 Å². The summed E-state index contributed by atoms with van der Waals surface area (Å²) in [6.45, 7) is 6.27. The van der Waals surface area contributed by atoms with Crippen molar-refractivity contribution in [3.05, 3.63) is 40.7 Å². The smallest absolute Gasteiger partial charge is 0.291 e. The minimum Gasteiger partial charge on any atom is -0.459 e. The van der Waals surface area contributed by atoms with E-state index in [1.807, 2.05) is 18.7 Å². The summed E-state index contributed by atoms with van der Waals surface area (Å²) in [5.41, 5.74) is 0.833. The van der Waals surface area contributed by atoms with Crippen LogP contribution in [-0.2, 0) is 4.79 Å². The van der Waals surface area contributed by atoms with Gasteiger partial charge in [-0.25, -0.2) is 0 Å². The number of rotatable bonds is 6. The Balaban J connectivity index is 1.33. The molecule has 0 spiro atoms. The fourth-order valence-electron chi connectivity index (χ4n) is 3.51. The van der Waals surface area contributed by atoms with Gasteiger partial charge in [-0.05, 0) is 50.5 Å². The van der Waals surface area contributed by atoms with Crippen molar-refractivity contribution in [3.8, 4) is 0 Å². The zero-order valence-electron chi connectivity index (χ0n) is 17.1. The predicted octanol–water partition coefficient (Wildman–Crippen LogP) is 2.33. The van der Waals surface area contributed by atoms with E-state index in [2.05, 4.69) is 15.5 Å². The Bertz CT molecular complexity index is 927. The molecule has 1 aliphatic carbocycles. The predicted molar refractivity (Wildman–Crippen MR) is 114 cm³/mol. The largest absolute Gasteiger partial charge is 0.459 e. The van der Waals surface area contributed by atoms with Crippen molar-refractivity contribution in [1.29, 1.82) is 0 Å². The number of furan rings is 1. The first-order valence-corrected chi connectivity index (χ1v) is 11.0.